The SMILES string of the molecule is NCc1cnc(N2CCN(c3ccccc3F)CC2)cn1. The first-order valence-electron chi connectivity index (χ1n) is 7.03. The molecule has 0 spiro atoms. The van der Waals surface area contributed by atoms with Crippen molar-refractivity contribution in [3.63, 3.8) is 0 Å². The van der Waals surface area contributed by atoms with Gasteiger partial charge in [0.15, 0.2) is 0 Å². The molecule has 2 aromatic rings. The van der Waals surface area contributed by atoms with E-state index in [1.807, 2.05) is 12.1 Å². The molecule has 1 saturated heterocycles. The maximum absolute atomic E-state index is 13.8. The Morgan fingerprint density at radius 3 is 2.33 bits per heavy atom. The average Bonchev–Trinajstić information content (AvgIpc) is 2.56. The summed E-state index contributed by atoms with van der Waals surface area (Å²) in [6, 6.07) is 6.89. The first kappa shape index (κ1) is 13.8. The van der Waals surface area contributed by atoms with E-state index in [4.69, 9.17) is 5.73 Å². The van der Waals surface area contributed by atoms with Crippen LogP contribution in [0.1, 0.15) is 5.69 Å². The van der Waals surface area contributed by atoms with E-state index in [2.05, 4.69) is 19.8 Å². The number of nitrogens with zero attached hydrogens (tertiary/aromatic N) is 4. The molecule has 5 nitrogen and oxygen atoms in total. The number of nitrogens with two attached hydrogens (primary N) is 1. The lowest BCUT2D eigenvalue weighted by Gasteiger charge is -2.36. The van der Waals surface area contributed by atoms with Crippen LogP contribution in [0, 0.1) is 5.82 Å². The maximum Gasteiger partial charge on any atom is 0.147 e. The summed E-state index contributed by atoms with van der Waals surface area (Å²) >= 11 is 0. The van der Waals surface area contributed by atoms with E-state index < -0.39 is 0 Å². The Hall–Kier alpha value is -2.21. The second kappa shape index (κ2) is 6.05. The lowest BCUT2D eigenvalue weighted by atomic mass is 10.2. The van der Waals surface area contributed by atoms with Crippen molar-refractivity contribution in [2.45, 2.75) is 6.54 Å². The minimum absolute atomic E-state index is 0.168. The van der Waals surface area contributed by atoms with Crippen molar-refractivity contribution >= 4 is 11.5 Å². The van der Waals surface area contributed by atoms with Gasteiger partial charge >= 0.3 is 0 Å². The Labute approximate surface area is 123 Å². The third-order valence-electron chi connectivity index (χ3n) is 3.70. The molecule has 21 heavy (non-hydrogen) atoms. The highest BCUT2D eigenvalue weighted by molar-refractivity contribution is 5.50. The third kappa shape index (κ3) is 2.95. The van der Waals surface area contributed by atoms with Crippen molar-refractivity contribution in [1.82, 2.24) is 9.97 Å². The van der Waals surface area contributed by atoms with Crippen molar-refractivity contribution in [2.24, 2.45) is 5.73 Å². The number of aromatic nitrogens is 2. The van der Waals surface area contributed by atoms with Crippen molar-refractivity contribution < 1.29 is 4.39 Å². The largest absolute Gasteiger partial charge is 0.366 e. The van der Waals surface area contributed by atoms with Crippen LogP contribution in [0.15, 0.2) is 36.7 Å². The van der Waals surface area contributed by atoms with Gasteiger partial charge in [0, 0.05) is 32.7 Å². The Kier molecular flexibility index (Phi) is 3.96. The molecule has 2 N–H and O–H groups in total. The van der Waals surface area contributed by atoms with E-state index in [-0.39, 0.29) is 5.82 Å². The molecule has 1 aliphatic rings. The zero-order valence-electron chi connectivity index (χ0n) is 11.7. The number of piperazine rings is 1. The van der Waals surface area contributed by atoms with Gasteiger partial charge < -0.3 is 15.5 Å². The number of para-hydroxylation sites is 1. The summed E-state index contributed by atoms with van der Waals surface area (Å²) in [5, 5.41) is 0. The molecule has 0 aliphatic carbocycles. The summed E-state index contributed by atoms with van der Waals surface area (Å²) in [6.07, 6.45) is 3.46. The molecular formula is C15H18FN5. The number of rotatable bonds is 3. The summed E-state index contributed by atoms with van der Waals surface area (Å²) in [7, 11) is 0. The number of halogens is 1. The van der Waals surface area contributed by atoms with Crippen molar-refractivity contribution in [1.29, 1.82) is 0 Å². The molecule has 1 fully saturated rings. The van der Waals surface area contributed by atoms with Crippen molar-refractivity contribution in [3.05, 3.63) is 48.2 Å². The van der Waals surface area contributed by atoms with Crippen LogP contribution in [0.2, 0.25) is 0 Å². The summed E-state index contributed by atoms with van der Waals surface area (Å²) < 4.78 is 13.8. The van der Waals surface area contributed by atoms with Crippen LogP contribution in [-0.4, -0.2) is 36.1 Å². The summed E-state index contributed by atoms with van der Waals surface area (Å²) in [6.45, 7) is 3.52. The summed E-state index contributed by atoms with van der Waals surface area (Å²) in [5.74, 6) is 0.679. The molecule has 1 aromatic carbocycles. The van der Waals surface area contributed by atoms with Gasteiger partial charge in [-0.3, -0.25) is 4.98 Å². The van der Waals surface area contributed by atoms with E-state index in [9.17, 15) is 4.39 Å². The lowest BCUT2D eigenvalue weighted by molar-refractivity contribution is 0.596. The molecule has 1 aromatic heterocycles. The number of hydrogen-bond donors (Lipinski definition) is 1. The van der Waals surface area contributed by atoms with Crippen LogP contribution in [-0.2, 0) is 6.54 Å². The highest BCUT2D eigenvalue weighted by atomic mass is 19.1. The lowest BCUT2D eigenvalue weighted by Crippen LogP contribution is -2.47. The smallest absolute Gasteiger partial charge is 0.147 e. The molecule has 0 unspecified atom stereocenters. The van der Waals surface area contributed by atoms with Gasteiger partial charge in [-0.2, -0.15) is 0 Å². The molecule has 0 saturated carbocycles. The predicted molar refractivity (Wildman–Crippen MR) is 80.7 cm³/mol. The number of hydrogen-bond acceptors (Lipinski definition) is 5. The average molecular weight is 287 g/mol. The summed E-state index contributed by atoms with van der Waals surface area (Å²) in [5.41, 5.74) is 6.97. The van der Waals surface area contributed by atoms with Gasteiger partial charge in [0.05, 0.1) is 23.8 Å². The van der Waals surface area contributed by atoms with Gasteiger partial charge in [0.25, 0.3) is 0 Å². The fourth-order valence-corrected chi connectivity index (χ4v) is 2.50. The molecule has 110 valence electrons. The maximum atomic E-state index is 13.8. The van der Waals surface area contributed by atoms with Gasteiger partial charge in [0.2, 0.25) is 0 Å². The normalized spacial score (nSPS) is 15.3. The van der Waals surface area contributed by atoms with Crippen LogP contribution < -0.4 is 15.5 Å². The van der Waals surface area contributed by atoms with Crippen molar-refractivity contribution in [3.8, 4) is 0 Å². The Bertz CT molecular complexity index is 593. The topological polar surface area (TPSA) is 58.3 Å². The van der Waals surface area contributed by atoms with Gasteiger partial charge in [0.1, 0.15) is 11.6 Å². The van der Waals surface area contributed by atoms with Crippen LogP contribution in [0.3, 0.4) is 0 Å². The highest BCUT2D eigenvalue weighted by Crippen LogP contribution is 2.21. The highest BCUT2D eigenvalue weighted by Gasteiger charge is 2.20. The minimum atomic E-state index is -0.168. The van der Waals surface area contributed by atoms with Gasteiger partial charge in [-0.05, 0) is 12.1 Å². The van der Waals surface area contributed by atoms with E-state index in [0.717, 1.165) is 37.7 Å². The van der Waals surface area contributed by atoms with E-state index in [1.165, 1.54) is 6.07 Å². The summed E-state index contributed by atoms with van der Waals surface area (Å²) in [4.78, 5) is 12.9. The van der Waals surface area contributed by atoms with E-state index in [1.54, 1.807) is 18.5 Å². The van der Waals surface area contributed by atoms with E-state index >= 15 is 0 Å². The molecule has 0 atom stereocenters. The van der Waals surface area contributed by atoms with Gasteiger partial charge in [-0.15, -0.1) is 0 Å². The molecule has 2 heterocycles. The van der Waals surface area contributed by atoms with Gasteiger partial charge in [-0.25, -0.2) is 9.37 Å². The molecule has 1 aliphatic heterocycles. The van der Waals surface area contributed by atoms with Crippen LogP contribution in [0.25, 0.3) is 0 Å². The zero-order valence-corrected chi connectivity index (χ0v) is 11.7. The molecule has 0 amide bonds. The molecular weight excluding hydrogens is 269 g/mol. The van der Waals surface area contributed by atoms with E-state index in [0.29, 0.717) is 12.2 Å². The number of anilines is 2. The number of benzene rings is 1. The first-order valence-corrected chi connectivity index (χ1v) is 7.03. The minimum Gasteiger partial charge on any atom is -0.366 e. The van der Waals surface area contributed by atoms with Crippen LogP contribution in [0.4, 0.5) is 15.9 Å². The molecule has 0 bridgehead atoms. The standard InChI is InChI=1S/C15H18FN5/c16-13-3-1-2-4-14(13)20-5-7-21(8-6-20)15-11-18-12(9-17)10-19-15/h1-4,10-11H,5-9,17H2. The van der Waals surface area contributed by atoms with Crippen molar-refractivity contribution in [2.75, 3.05) is 36.0 Å². The Balaban J connectivity index is 1.66. The second-order valence-electron chi connectivity index (χ2n) is 5.00. The fraction of sp³-hybridized carbons (Fsp3) is 0.333. The monoisotopic (exact) mass is 287 g/mol. The zero-order chi connectivity index (χ0) is 14.7. The molecule has 0 radical (unpaired) electrons. The van der Waals surface area contributed by atoms with Crippen LogP contribution in [0.5, 0.6) is 0 Å². The van der Waals surface area contributed by atoms with Crippen LogP contribution >= 0.6 is 0 Å². The predicted octanol–water partition coefficient (Wildman–Crippen LogP) is 1.40. The Morgan fingerprint density at radius 1 is 1.00 bits per heavy atom. The fourth-order valence-electron chi connectivity index (χ4n) is 2.50. The third-order valence-corrected chi connectivity index (χ3v) is 3.70. The second-order valence-corrected chi connectivity index (χ2v) is 5.00. The molecule has 6 heteroatoms. The quantitative estimate of drug-likeness (QED) is 0.925. The first-order chi connectivity index (χ1) is 10.3. The van der Waals surface area contributed by atoms with Gasteiger partial charge in [-0.1, -0.05) is 12.1 Å². The molecule has 3 rings (SSSR count). The Morgan fingerprint density at radius 2 is 1.71 bits per heavy atom.